The Labute approximate surface area is 129 Å². The van der Waals surface area contributed by atoms with E-state index < -0.39 is 0 Å². The molecule has 0 bridgehead atoms. The fourth-order valence-electron chi connectivity index (χ4n) is 2.48. The molecule has 0 aromatic heterocycles. The van der Waals surface area contributed by atoms with E-state index >= 15 is 0 Å². The molecule has 1 aliphatic carbocycles. The van der Waals surface area contributed by atoms with Crippen molar-refractivity contribution in [3.63, 3.8) is 0 Å². The van der Waals surface area contributed by atoms with E-state index in [1.54, 1.807) is 0 Å². The molecule has 3 aliphatic rings. The molecule has 0 aromatic carbocycles. The minimum absolute atomic E-state index is 0.0183. The smallest absolute Gasteiger partial charge is 0.148 e. The molecule has 3 rings (SSSR count). The lowest BCUT2D eigenvalue weighted by molar-refractivity contribution is 0.389. The summed E-state index contributed by atoms with van der Waals surface area (Å²) in [5.74, 6) is 0. The molecule has 2 aliphatic heterocycles. The molecule has 4 atom stereocenters. The maximum Gasteiger partial charge on any atom is 0.148 e. The second-order valence-corrected chi connectivity index (χ2v) is 9.97. The van der Waals surface area contributed by atoms with Gasteiger partial charge in [-0.1, -0.05) is 0 Å². The minimum Gasteiger partial charge on any atom is -0.343 e. The van der Waals surface area contributed by atoms with Crippen molar-refractivity contribution in [2.75, 3.05) is 0 Å². The van der Waals surface area contributed by atoms with E-state index in [-0.39, 0.29) is 20.7 Å². The average molecular weight is 325 g/mol. The largest absolute Gasteiger partial charge is 0.343 e. The van der Waals surface area contributed by atoms with Crippen molar-refractivity contribution in [1.82, 2.24) is 0 Å². The van der Waals surface area contributed by atoms with Crippen molar-refractivity contribution in [1.29, 1.82) is 0 Å². The molecule has 3 fully saturated rings. The zero-order chi connectivity index (χ0) is 13.0. The summed E-state index contributed by atoms with van der Waals surface area (Å²) in [4.78, 5) is -0.0366. The topological polar surface area (TPSA) is 25.1 Å². The van der Waals surface area contributed by atoms with Gasteiger partial charge in [0.25, 0.3) is 0 Å². The zero-order valence-electron chi connectivity index (χ0n) is 10.7. The SMILES string of the molecule is CC1(SC2CCC(SC3(C)OC3S)CC2)OC1S. The number of epoxide rings is 2. The third kappa shape index (κ3) is 2.98. The summed E-state index contributed by atoms with van der Waals surface area (Å²) < 4.78 is 11.1. The summed E-state index contributed by atoms with van der Waals surface area (Å²) in [6.45, 7) is 4.31. The van der Waals surface area contributed by atoms with Crippen LogP contribution in [0.25, 0.3) is 0 Å². The molecule has 2 heterocycles. The molecule has 2 saturated heterocycles. The van der Waals surface area contributed by atoms with Crippen LogP contribution in [0.5, 0.6) is 0 Å². The lowest BCUT2D eigenvalue weighted by Gasteiger charge is -2.29. The number of hydrogen-bond donors (Lipinski definition) is 2. The van der Waals surface area contributed by atoms with E-state index in [9.17, 15) is 0 Å². The summed E-state index contributed by atoms with van der Waals surface area (Å²) >= 11 is 12.7. The van der Waals surface area contributed by atoms with E-state index in [4.69, 9.17) is 9.47 Å². The summed E-state index contributed by atoms with van der Waals surface area (Å²) in [5, 5.41) is 1.48. The van der Waals surface area contributed by atoms with Crippen LogP contribution in [0.4, 0.5) is 0 Å². The van der Waals surface area contributed by atoms with E-state index in [2.05, 4.69) is 39.1 Å². The Morgan fingerprint density at radius 1 is 0.833 bits per heavy atom. The molecule has 2 nitrogen and oxygen atoms in total. The van der Waals surface area contributed by atoms with Crippen molar-refractivity contribution in [2.24, 2.45) is 0 Å². The number of hydrogen-bond acceptors (Lipinski definition) is 6. The maximum absolute atomic E-state index is 5.53. The predicted octanol–water partition coefficient (Wildman–Crippen LogP) is 3.77. The number of ether oxygens (including phenoxy) is 2. The molecule has 0 N–H and O–H groups in total. The lowest BCUT2D eigenvalue weighted by Crippen LogP contribution is -2.23. The highest BCUT2D eigenvalue weighted by Crippen LogP contribution is 2.55. The molecule has 6 heteroatoms. The molecule has 4 unspecified atom stereocenters. The molecule has 0 radical (unpaired) electrons. The first kappa shape index (κ1) is 14.3. The minimum atomic E-state index is -0.0183. The van der Waals surface area contributed by atoms with Crippen LogP contribution in [0.2, 0.25) is 0 Å². The van der Waals surface area contributed by atoms with Crippen LogP contribution in [0, 0.1) is 0 Å². The van der Waals surface area contributed by atoms with Crippen LogP contribution in [0.15, 0.2) is 0 Å². The van der Waals surface area contributed by atoms with E-state index in [1.807, 2.05) is 23.5 Å². The normalized spacial score (nSPS) is 55.3. The first-order chi connectivity index (χ1) is 8.41. The Morgan fingerprint density at radius 2 is 1.11 bits per heavy atom. The molecular formula is C12H20O2S4. The van der Waals surface area contributed by atoms with Gasteiger partial charge >= 0.3 is 0 Å². The van der Waals surface area contributed by atoms with Crippen molar-refractivity contribution in [3.8, 4) is 0 Å². The highest BCUT2D eigenvalue weighted by Gasteiger charge is 2.54. The van der Waals surface area contributed by atoms with Crippen molar-refractivity contribution in [3.05, 3.63) is 0 Å². The van der Waals surface area contributed by atoms with Gasteiger partial charge in [0, 0.05) is 10.5 Å². The summed E-state index contributed by atoms with van der Waals surface area (Å²) in [5.41, 5.74) is 0.275. The Hall–Kier alpha value is 1.32. The monoisotopic (exact) mass is 324 g/mol. The fourth-order valence-corrected chi connectivity index (χ4v) is 6.30. The van der Waals surface area contributed by atoms with Gasteiger partial charge in [-0.3, -0.25) is 0 Å². The summed E-state index contributed by atoms with van der Waals surface area (Å²) in [7, 11) is 0. The third-order valence-electron chi connectivity index (χ3n) is 3.90. The fraction of sp³-hybridized carbons (Fsp3) is 1.00. The van der Waals surface area contributed by atoms with Gasteiger partial charge in [-0.25, -0.2) is 0 Å². The van der Waals surface area contributed by atoms with E-state index in [1.165, 1.54) is 25.7 Å². The average Bonchev–Trinajstić information content (AvgIpc) is 3.09. The van der Waals surface area contributed by atoms with Crippen LogP contribution in [-0.4, -0.2) is 31.2 Å². The summed E-state index contributed by atoms with van der Waals surface area (Å²) in [6.07, 6.45) is 5.15. The van der Waals surface area contributed by atoms with Gasteiger partial charge < -0.3 is 9.47 Å². The standard InChI is InChI=1S/C12H20O2S4/c1-11(9(15)13-11)17-7-3-5-8(6-4-7)18-12(2)10(16)14-12/h7-10,15-16H,3-6H2,1-2H3. The molecule has 0 spiro atoms. The molecule has 1 saturated carbocycles. The van der Waals surface area contributed by atoms with Crippen LogP contribution in [-0.2, 0) is 9.47 Å². The first-order valence-corrected chi connectivity index (χ1v) is 9.28. The van der Waals surface area contributed by atoms with Gasteiger partial charge in [-0.15, -0.1) is 48.8 Å². The Morgan fingerprint density at radius 3 is 1.33 bits per heavy atom. The molecule has 18 heavy (non-hydrogen) atoms. The lowest BCUT2D eigenvalue weighted by atomic mass is 10.00. The predicted molar refractivity (Wildman–Crippen MR) is 85.8 cm³/mol. The van der Waals surface area contributed by atoms with Crippen LogP contribution in [0.3, 0.4) is 0 Å². The van der Waals surface area contributed by atoms with Crippen LogP contribution < -0.4 is 0 Å². The van der Waals surface area contributed by atoms with E-state index in [0.29, 0.717) is 0 Å². The maximum atomic E-state index is 5.53. The Balaban J connectivity index is 1.41. The van der Waals surface area contributed by atoms with Crippen molar-refractivity contribution in [2.45, 2.75) is 70.8 Å². The van der Waals surface area contributed by atoms with Gasteiger partial charge in [0.2, 0.25) is 0 Å². The van der Waals surface area contributed by atoms with Gasteiger partial charge in [-0.2, -0.15) is 0 Å². The number of thiol groups is 2. The first-order valence-electron chi connectivity index (χ1n) is 6.49. The highest BCUT2D eigenvalue weighted by atomic mass is 32.2. The molecule has 0 aromatic rings. The summed E-state index contributed by atoms with van der Waals surface area (Å²) in [6, 6.07) is 0. The van der Waals surface area contributed by atoms with Gasteiger partial charge in [-0.05, 0) is 39.5 Å². The highest BCUT2D eigenvalue weighted by molar-refractivity contribution is 8.02. The van der Waals surface area contributed by atoms with Crippen LogP contribution >= 0.6 is 48.8 Å². The number of rotatable bonds is 4. The molecule has 0 amide bonds. The van der Waals surface area contributed by atoms with Crippen molar-refractivity contribution >= 4 is 48.8 Å². The van der Waals surface area contributed by atoms with Crippen LogP contribution in [0.1, 0.15) is 39.5 Å². The Kier molecular flexibility index (Phi) is 3.92. The van der Waals surface area contributed by atoms with Gasteiger partial charge in [0.15, 0.2) is 0 Å². The quantitative estimate of drug-likeness (QED) is 0.607. The van der Waals surface area contributed by atoms with Crippen molar-refractivity contribution < 1.29 is 9.47 Å². The zero-order valence-corrected chi connectivity index (χ0v) is 14.1. The second kappa shape index (κ2) is 4.95. The van der Waals surface area contributed by atoms with E-state index in [0.717, 1.165) is 10.5 Å². The van der Waals surface area contributed by atoms with Gasteiger partial charge in [0.1, 0.15) is 20.7 Å². The molecule has 104 valence electrons. The Bertz CT molecular complexity index is 302. The third-order valence-corrected chi connectivity index (χ3v) is 8.61. The second-order valence-electron chi connectivity index (χ2n) is 5.61. The van der Waals surface area contributed by atoms with Gasteiger partial charge in [0.05, 0.1) is 0 Å². The molecular weight excluding hydrogens is 304 g/mol. The number of thioether (sulfide) groups is 2.